The SMILES string of the molecule is COC(=O)c1ccc(OS(C)(=O)=O)c(C2=CCCC2(C)C)c1. The van der Waals surface area contributed by atoms with Crippen molar-refractivity contribution in [1.82, 2.24) is 0 Å². The molecule has 0 saturated heterocycles. The van der Waals surface area contributed by atoms with Crippen LogP contribution in [0.1, 0.15) is 42.6 Å². The maximum absolute atomic E-state index is 11.7. The number of hydrogen-bond acceptors (Lipinski definition) is 5. The Bertz CT molecular complexity index is 729. The van der Waals surface area contributed by atoms with Crippen molar-refractivity contribution in [3.63, 3.8) is 0 Å². The highest BCUT2D eigenvalue weighted by Gasteiger charge is 2.31. The average molecular weight is 324 g/mol. The summed E-state index contributed by atoms with van der Waals surface area (Å²) in [5.41, 5.74) is 1.86. The molecule has 1 aromatic rings. The Morgan fingerprint density at radius 2 is 1.95 bits per heavy atom. The molecule has 6 heteroatoms. The van der Waals surface area contributed by atoms with Crippen LogP contribution in [0.2, 0.25) is 0 Å². The zero-order valence-electron chi connectivity index (χ0n) is 13.2. The van der Waals surface area contributed by atoms with Crippen molar-refractivity contribution in [2.75, 3.05) is 13.4 Å². The maximum Gasteiger partial charge on any atom is 0.337 e. The van der Waals surface area contributed by atoms with Gasteiger partial charge in [0, 0.05) is 5.56 Å². The van der Waals surface area contributed by atoms with Crippen molar-refractivity contribution < 1.29 is 22.1 Å². The smallest absolute Gasteiger partial charge is 0.337 e. The molecular weight excluding hydrogens is 304 g/mol. The number of ether oxygens (including phenoxy) is 1. The van der Waals surface area contributed by atoms with E-state index in [-0.39, 0.29) is 11.2 Å². The van der Waals surface area contributed by atoms with Gasteiger partial charge in [-0.3, -0.25) is 0 Å². The molecule has 0 saturated carbocycles. The van der Waals surface area contributed by atoms with Crippen LogP contribution in [0.5, 0.6) is 5.75 Å². The number of benzene rings is 1. The van der Waals surface area contributed by atoms with Crippen LogP contribution in [0.4, 0.5) is 0 Å². The first-order valence-electron chi connectivity index (χ1n) is 6.97. The topological polar surface area (TPSA) is 69.7 Å². The normalized spacial score (nSPS) is 17.0. The van der Waals surface area contributed by atoms with Crippen molar-refractivity contribution in [1.29, 1.82) is 0 Å². The number of carbonyl (C=O) groups excluding carboxylic acids is 1. The van der Waals surface area contributed by atoms with Crippen LogP contribution in [0.3, 0.4) is 0 Å². The molecule has 1 aromatic carbocycles. The van der Waals surface area contributed by atoms with Crippen LogP contribution in [0.25, 0.3) is 5.57 Å². The standard InChI is InChI=1S/C16H20O5S/c1-16(2)9-5-6-13(16)12-10-11(15(17)20-3)7-8-14(12)21-22(4,18)19/h6-8,10H,5,9H2,1-4H3. The third-order valence-electron chi connectivity index (χ3n) is 3.78. The lowest BCUT2D eigenvalue weighted by Crippen LogP contribution is -2.13. The summed E-state index contributed by atoms with van der Waals surface area (Å²) in [7, 11) is -2.34. The first-order valence-corrected chi connectivity index (χ1v) is 8.78. The third kappa shape index (κ3) is 3.50. The zero-order valence-corrected chi connectivity index (χ0v) is 14.0. The average Bonchev–Trinajstić information content (AvgIpc) is 2.76. The van der Waals surface area contributed by atoms with Crippen molar-refractivity contribution >= 4 is 21.7 Å². The Morgan fingerprint density at radius 3 is 2.45 bits per heavy atom. The van der Waals surface area contributed by atoms with Crippen LogP contribution in [-0.2, 0) is 14.9 Å². The highest BCUT2D eigenvalue weighted by atomic mass is 32.2. The van der Waals surface area contributed by atoms with Gasteiger partial charge in [-0.2, -0.15) is 8.42 Å². The molecule has 0 heterocycles. The van der Waals surface area contributed by atoms with Gasteiger partial charge in [0.2, 0.25) is 0 Å². The summed E-state index contributed by atoms with van der Waals surface area (Å²) in [5.74, 6) is -0.236. The number of allylic oxidation sites excluding steroid dienone is 2. The lowest BCUT2D eigenvalue weighted by Gasteiger charge is -2.24. The van der Waals surface area contributed by atoms with Gasteiger partial charge in [0.05, 0.1) is 18.9 Å². The molecule has 0 fully saturated rings. The summed E-state index contributed by atoms with van der Waals surface area (Å²) in [5, 5.41) is 0. The fourth-order valence-electron chi connectivity index (χ4n) is 2.68. The van der Waals surface area contributed by atoms with E-state index in [1.807, 2.05) is 0 Å². The Hall–Kier alpha value is -1.82. The van der Waals surface area contributed by atoms with Crippen LogP contribution >= 0.6 is 0 Å². The molecule has 2 rings (SSSR count). The minimum absolute atomic E-state index is 0.107. The minimum atomic E-state index is -3.65. The second-order valence-electron chi connectivity index (χ2n) is 6.03. The van der Waals surface area contributed by atoms with E-state index in [0.29, 0.717) is 11.1 Å². The van der Waals surface area contributed by atoms with E-state index in [2.05, 4.69) is 19.9 Å². The predicted octanol–water partition coefficient (Wildman–Crippen LogP) is 3.02. The summed E-state index contributed by atoms with van der Waals surface area (Å²) in [6.45, 7) is 4.17. The van der Waals surface area contributed by atoms with Gasteiger partial charge in [0.15, 0.2) is 0 Å². The highest BCUT2D eigenvalue weighted by Crippen LogP contribution is 2.47. The molecule has 120 valence electrons. The first-order chi connectivity index (χ1) is 10.1. The molecule has 1 aliphatic carbocycles. The van der Waals surface area contributed by atoms with E-state index < -0.39 is 16.1 Å². The van der Waals surface area contributed by atoms with Crippen LogP contribution in [0, 0.1) is 5.41 Å². The van der Waals surface area contributed by atoms with Gasteiger partial charge in [-0.15, -0.1) is 0 Å². The second-order valence-corrected chi connectivity index (χ2v) is 7.61. The summed E-state index contributed by atoms with van der Waals surface area (Å²) in [4.78, 5) is 11.7. The van der Waals surface area contributed by atoms with Gasteiger partial charge in [-0.25, -0.2) is 4.79 Å². The Labute approximate surface area is 131 Å². The second kappa shape index (κ2) is 5.76. The van der Waals surface area contributed by atoms with Crippen molar-refractivity contribution in [2.45, 2.75) is 26.7 Å². The number of methoxy groups -OCH3 is 1. The lowest BCUT2D eigenvalue weighted by atomic mass is 9.81. The van der Waals surface area contributed by atoms with Crippen molar-refractivity contribution in [2.24, 2.45) is 5.41 Å². The van der Waals surface area contributed by atoms with E-state index >= 15 is 0 Å². The highest BCUT2D eigenvalue weighted by molar-refractivity contribution is 7.86. The molecular formula is C16H20O5S. The fourth-order valence-corrected chi connectivity index (χ4v) is 3.16. The van der Waals surface area contributed by atoms with Gasteiger partial charge in [0.25, 0.3) is 0 Å². The quantitative estimate of drug-likeness (QED) is 0.629. The van der Waals surface area contributed by atoms with Gasteiger partial charge < -0.3 is 8.92 Å². The first kappa shape index (κ1) is 16.5. The molecule has 0 atom stereocenters. The fraction of sp³-hybridized carbons (Fsp3) is 0.438. The van der Waals surface area contributed by atoms with Crippen molar-refractivity contribution in [3.05, 3.63) is 35.4 Å². The van der Waals surface area contributed by atoms with E-state index in [1.54, 1.807) is 6.07 Å². The Kier molecular flexibility index (Phi) is 4.33. The summed E-state index contributed by atoms with van der Waals surface area (Å²) in [6, 6.07) is 4.63. The van der Waals surface area contributed by atoms with E-state index in [1.165, 1.54) is 19.2 Å². The molecule has 0 unspecified atom stereocenters. The molecule has 0 aliphatic heterocycles. The molecule has 0 spiro atoms. The molecule has 0 radical (unpaired) electrons. The van der Waals surface area contributed by atoms with Gasteiger partial charge in [0.1, 0.15) is 5.75 Å². The van der Waals surface area contributed by atoms with Crippen LogP contribution < -0.4 is 4.18 Å². The molecule has 0 aromatic heterocycles. The van der Waals surface area contributed by atoms with Gasteiger partial charge in [-0.1, -0.05) is 19.9 Å². The van der Waals surface area contributed by atoms with E-state index in [0.717, 1.165) is 24.7 Å². The number of rotatable bonds is 4. The third-order valence-corrected chi connectivity index (χ3v) is 4.26. The molecule has 1 aliphatic rings. The summed E-state index contributed by atoms with van der Waals surface area (Å²) in [6.07, 6.45) is 4.93. The van der Waals surface area contributed by atoms with Crippen LogP contribution in [-0.4, -0.2) is 27.8 Å². The monoisotopic (exact) mass is 324 g/mol. The molecule has 0 amide bonds. The van der Waals surface area contributed by atoms with E-state index in [9.17, 15) is 13.2 Å². The predicted molar refractivity (Wildman–Crippen MR) is 84.2 cm³/mol. The minimum Gasteiger partial charge on any atom is -0.465 e. The Morgan fingerprint density at radius 1 is 1.27 bits per heavy atom. The largest absolute Gasteiger partial charge is 0.465 e. The molecule has 5 nitrogen and oxygen atoms in total. The number of carbonyl (C=O) groups is 1. The van der Waals surface area contributed by atoms with Gasteiger partial charge in [-0.05, 0) is 42.0 Å². The van der Waals surface area contributed by atoms with E-state index in [4.69, 9.17) is 8.92 Å². The molecule has 0 N–H and O–H groups in total. The molecule has 0 bridgehead atoms. The van der Waals surface area contributed by atoms with Gasteiger partial charge >= 0.3 is 16.1 Å². The number of esters is 1. The van der Waals surface area contributed by atoms with Crippen molar-refractivity contribution in [3.8, 4) is 5.75 Å². The lowest BCUT2D eigenvalue weighted by molar-refractivity contribution is 0.0600. The molecule has 22 heavy (non-hydrogen) atoms. The summed E-state index contributed by atoms with van der Waals surface area (Å²) >= 11 is 0. The summed E-state index contributed by atoms with van der Waals surface area (Å²) < 4.78 is 32.8. The maximum atomic E-state index is 11.7. The Balaban J connectivity index is 2.58. The zero-order chi connectivity index (χ0) is 16.5. The number of hydrogen-bond donors (Lipinski definition) is 0. The van der Waals surface area contributed by atoms with Crippen LogP contribution in [0.15, 0.2) is 24.3 Å².